The van der Waals surface area contributed by atoms with E-state index in [1.807, 2.05) is 4.90 Å². The van der Waals surface area contributed by atoms with Gasteiger partial charge >= 0.3 is 12.4 Å². The van der Waals surface area contributed by atoms with Gasteiger partial charge in [-0.3, -0.25) is 14.7 Å². The average Bonchev–Trinajstić information content (AvgIpc) is 2.77. The summed E-state index contributed by atoms with van der Waals surface area (Å²) in [5.74, 6) is -0.836. The Balaban J connectivity index is 1.68. The van der Waals surface area contributed by atoms with Crippen LogP contribution in [0.2, 0.25) is 0 Å². The maximum Gasteiger partial charge on any atom is 0.433 e. The first-order valence-corrected chi connectivity index (χ1v) is 10.2. The van der Waals surface area contributed by atoms with Crippen molar-refractivity contribution in [3.8, 4) is 11.1 Å². The zero-order valence-electron chi connectivity index (χ0n) is 17.5. The lowest BCUT2D eigenvalue weighted by Crippen LogP contribution is -2.32. The number of hydrogen-bond donors (Lipinski definition) is 1. The number of amides is 1. The molecule has 0 bridgehead atoms. The maximum atomic E-state index is 13.2. The number of benzene rings is 1. The third-order valence-electron chi connectivity index (χ3n) is 5.54. The Kier molecular flexibility index (Phi) is 6.07. The van der Waals surface area contributed by atoms with Gasteiger partial charge < -0.3 is 5.73 Å². The summed E-state index contributed by atoms with van der Waals surface area (Å²) in [7, 11) is 0. The highest BCUT2D eigenvalue weighted by Gasteiger charge is 2.33. The Labute approximate surface area is 190 Å². The van der Waals surface area contributed by atoms with E-state index in [4.69, 9.17) is 5.73 Å². The molecule has 5 nitrogen and oxygen atoms in total. The Morgan fingerprint density at radius 3 is 2.47 bits per heavy atom. The summed E-state index contributed by atoms with van der Waals surface area (Å²) in [5, 5.41) is 0. The van der Waals surface area contributed by atoms with Gasteiger partial charge in [0.05, 0.1) is 11.3 Å². The van der Waals surface area contributed by atoms with Crippen molar-refractivity contribution in [2.24, 2.45) is 5.73 Å². The van der Waals surface area contributed by atoms with Crippen molar-refractivity contribution in [3.05, 3.63) is 82.4 Å². The average molecular weight is 480 g/mol. The van der Waals surface area contributed by atoms with Gasteiger partial charge in [-0.15, -0.1) is 0 Å². The van der Waals surface area contributed by atoms with Crippen molar-refractivity contribution in [2.45, 2.75) is 31.9 Å². The second-order valence-electron chi connectivity index (χ2n) is 7.93. The predicted octanol–water partition coefficient (Wildman–Crippen LogP) is 4.84. The number of aromatic nitrogens is 2. The van der Waals surface area contributed by atoms with Gasteiger partial charge in [0.2, 0.25) is 0 Å². The molecule has 178 valence electrons. The quantitative estimate of drug-likeness (QED) is 0.543. The lowest BCUT2D eigenvalue weighted by Gasteiger charge is -2.30. The van der Waals surface area contributed by atoms with Crippen LogP contribution in [-0.4, -0.2) is 27.3 Å². The lowest BCUT2D eigenvalue weighted by atomic mass is 9.92. The summed E-state index contributed by atoms with van der Waals surface area (Å²) in [4.78, 5) is 21.3. The van der Waals surface area contributed by atoms with Crippen molar-refractivity contribution in [3.63, 3.8) is 0 Å². The third kappa shape index (κ3) is 5.04. The minimum atomic E-state index is -4.57. The van der Waals surface area contributed by atoms with Gasteiger partial charge in [-0.25, -0.2) is 4.98 Å². The first-order chi connectivity index (χ1) is 15.9. The molecule has 0 saturated heterocycles. The summed E-state index contributed by atoms with van der Waals surface area (Å²) in [6.45, 7) is 0.790. The minimum Gasteiger partial charge on any atom is -0.364 e. The molecule has 1 aliphatic rings. The van der Waals surface area contributed by atoms with Crippen molar-refractivity contribution in [1.82, 2.24) is 14.9 Å². The molecule has 0 saturated carbocycles. The van der Waals surface area contributed by atoms with Crippen LogP contribution in [0, 0.1) is 0 Å². The molecule has 34 heavy (non-hydrogen) atoms. The Morgan fingerprint density at radius 1 is 1.03 bits per heavy atom. The fourth-order valence-electron chi connectivity index (χ4n) is 3.96. The molecule has 0 radical (unpaired) electrons. The molecule has 4 rings (SSSR count). The van der Waals surface area contributed by atoms with Crippen LogP contribution in [0.15, 0.2) is 48.7 Å². The molecule has 1 amide bonds. The van der Waals surface area contributed by atoms with E-state index in [0.29, 0.717) is 35.3 Å². The van der Waals surface area contributed by atoms with Crippen molar-refractivity contribution in [1.29, 1.82) is 0 Å². The number of halogens is 6. The number of hydrogen-bond acceptors (Lipinski definition) is 4. The van der Waals surface area contributed by atoms with E-state index < -0.39 is 29.5 Å². The fourth-order valence-corrected chi connectivity index (χ4v) is 3.96. The lowest BCUT2D eigenvalue weighted by molar-refractivity contribution is -0.141. The first kappa shape index (κ1) is 23.7. The molecule has 11 heteroatoms. The van der Waals surface area contributed by atoms with Crippen LogP contribution < -0.4 is 5.73 Å². The minimum absolute atomic E-state index is 0.101. The highest BCUT2D eigenvalue weighted by Crippen LogP contribution is 2.35. The number of rotatable bonds is 4. The van der Waals surface area contributed by atoms with Crippen LogP contribution in [0.5, 0.6) is 0 Å². The number of nitrogens with two attached hydrogens (primary N) is 1. The zero-order chi connectivity index (χ0) is 24.7. The monoisotopic (exact) mass is 480 g/mol. The zero-order valence-corrected chi connectivity index (χ0v) is 17.5. The van der Waals surface area contributed by atoms with Crippen molar-refractivity contribution < 1.29 is 31.1 Å². The molecule has 3 aromatic rings. The molecule has 0 fully saturated rings. The topological polar surface area (TPSA) is 72.1 Å². The fraction of sp³-hybridized carbons (Fsp3) is 0.261. The second kappa shape index (κ2) is 8.71. The molecule has 2 aromatic heterocycles. The maximum absolute atomic E-state index is 13.2. The molecule has 0 spiro atoms. The van der Waals surface area contributed by atoms with Crippen LogP contribution in [0.25, 0.3) is 11.1 Å². The second-order valence-corrected chi connectivity index (χ2v) is 7.93. The van der Waals surface area contributed by atoms with E-state index in [9.17, 15) is 31.1 Å². The van der Waals surface area contributed by atoms with Crippen LogP contribution in [0.4, 0.5) is 26.3 Å². The first-order valence-electron chi connectivity index (χ1n) is 10.2. The van der Waals surface area contributed by atoms with Gasteiger partial charge in [0, 0.05) is 25.8 Å². The van der Waals surface area contributed by atoms with Crippen LogP contribution >= 0.6 is 0 Å². The van der Waals surface area contributed by atoms with Gasteiger partial charge in [0.1, 0.15) is 11.4 Å². The van der Waals surface area contributed by atoms with Crippen LogP contribution in [0.1, 0.15) is 38.6 Å². The number of primary amides is 1. The standard InChI is InChI=1S/C23H18F6N4O/c24-22(25,26)15-3-1-2-14(9-15)17-10-18(21(30)34)32-19-12-33(7-5-16(17)19)11-13-4-6-31-20(8-13)23(27,28)29/h1-4,6,8-10H,5,7,11-12H2,(H2,30,34). The SMILES string of the molecule is NC(=O)c1cc(-c2cccc(C(F)(F)F)c2)c2c(n1)CN(Cc1ccnc(C(F)(F)F)c1)CC2. The Bertz CT molecular complexity index is 1240. The number of nitrogens with zero attached hydrogens (tertiary/aromatic N) is 3. The van der Waals surface area contributed by atoms with E-state index in [2.05, 4.69) is 9.97 Å². The van der Waals surface area contributed by atoms with Crippen LogP contribution in [0.3, 0.4) is 0 Å². The summed E-state index contributed by atoms with van der Waals surface area (Å²) < 4.78 is 78.6. The van der Waals surface area contributed by atoms with Gasteiger partial charge in [0.25, 0.3) is 5.91 Å². The smallest absolute Gasteiger partial charge is 0.364 e. The van der Waals surface area contributed by atoms with Crippen LogP contribution in [-0.2, 0) is 31.9 Å². The number of fused-ring (bicyclic) bond motifs is 1. The number of carbonyl (C=O) groups excluding carboxylic acids is 1. The third-order valence-corrected chi connectivity index (χ3v) is 5.54. The molecule has 0 unspecified atom stereocenters. The van der Waals surface area contributed by atoms with E-state index >= 15 is 0 Å². The molecular weight excluding hydrogens is 462 g/mol. The summed E-state index contributed by atoms with van der Waals surface area (Å²) in [6, 6.07) is 8.58. The summed E-state index contributed by atoms with van der Waals surface area (Å²) >= 11 is 0. The molecule has 3 heterocycles. The highest BCUT2D eigenvalue weighted by atomic mass is 19.4. The van der Waals surface area contributed by atoms with Gasteiger partial charge in [-0.1, -0.05) is 12.1 Å². The van der Waals surface area contributed by atoms with E-state index in [-0.39, 0.29) is 24.3 Å². The molecule has 0 atom stereocenters. The van der Waals surface area contributed by atoms with E-state index in [1.54, 1.807) is 0 Å². The van der Waals surface area contributed by atoms with Gasteiger partial charge in [0.15, 0.2) is 0 Å². The summed E-state index contributed by atoms with van der Waals surface area (Å²) in [6.07, 6.45) is -7.63. The number of alkyl halides is 6. The molecule has 1 aromatic carbocycles. The molecular formula is C23H18F6N4O. The highest BCUT2D eigenvalue weighted by molar-refractivity contribution is 5.92. The normalized spacial score (nSPS) is 14.6. The van der Waals surface area contributed by atoms with E-state index in [0.717, 1.165) is 24.4 Å². The van der Waals surface area contributed by atoms with Gasteiger partial charge in [-0.05, 0) is 59.0 Å². The largest absolute Gasteiger partial charge is 0.433 e. The molecule has 0 aliphatic carbocycles. The Morgan fingerprint density at radius 2 is 1.79 bits per heavy atom. The predicted molar refractivity (Wildman–Crippen MR) is 110 cm³/mol. The summed E-state index contributed by atoms with van der Waals surface area (Å²) in [5.41, 5.74) is 5.69. The number of carbonyl (C=O) groups is 1. The van der Waals surface area contributed by atoms with Crippen molar-refractivity contribution in [2.75, 3.05) is 6.54 Å². The van der Waals surface area contributed by atoms with E-state index in [1.165, 1.54) is 24.3 Å². The Hall–Kier alpha value is -3.47. The number of pyridine rings is 2. The van der Waals surface area contributed by atoms with Gasteiger partial charge in [-0.2, -0.15) is 26.3 Å². The molecule has 1 aliphatic heterocycles. The van der Waals surface area contributed by atoms with Crippen molar-refractivity contribution >= 4 is 5.91 Å². The molecule has 2 N–H and O–H groups in total.